The van der Waals surface area contributed by atoms with Crippen LogP contribution in [0.1, 0.15) is 51.7 Å². The number of anilines is 1. The van der Waals surface area contributed by atoms with Crippen molar-refractivity contribution in [3.05, 3.63) is 92.9 Å². The highest BCUT2D eigenvalue weighted by Gasteiger charge is 2.36. The molecule has 1 aliphatic rings. The maximum absolute atomic E-state index is 14.0. The Hall–Kier alpha value is -3.92. The van der Waals surface area contributed by atoms with Gasteiger partial charge >= 0.3 is 5.97 Å². The van der Waals surface area contributed by atoms with Crippen molar-refractivity contribution >= 4 is 28.7 Å². The van der Waals surface area contributed by atoms with Crippen molar-refractivity contribution in [2.24, 2.45) is 10.9 Å². The average Bonchev–Trinajstić information content (AvgIpc) is 3.33. The third kappa shape index (κ3) is 4.42. The molecule has 2 N–H and O–H groups in total. The number of aromatic nitrogens is 3. The highest BCUT2D eigenvalue weighted by Crippen LogP contribution is 2.40. The molecule has 0 bridgehead atoms. The fourth-order valence-corrected chi connectivity index (χ4v) is 5.64. The van der Waals surface area contributed by atoms with E-state index in [9.17, 15) is 18.7 Å². The third-order valence-electron chi connectivity index (χ3n) is 6.71. The van der Waals surface area contributed by atoms with Crippen LogP contribution in [0.15, 0.2) is 47.5 Å². The fraction of sp³-hybridized carbons (Fsp3) is 0.259. The molecule has 3 heterocycles. The van der Waals surface area contributed by atoms with Gasteiger partial charge in [0.15, 0.2) is 5.82 Å². The number of aryl methyl sites for hydroxylation is 2. The molecule has 7 nitrogen and oxygen atoms in total. The molecule has 0 saturated carbocycles. The Labute approximate surface area is 216 Å². The molecule has 2 atom stereocenters. The summed E-state index contributed by atoms with van der Waals surface area (Å²) in [5, 5.41) is 22.5. The maximum atomic E-state index is 14.0. The number of nitrogens with one attached hydrogen (secondary N) is 1. The zero-order valence-electron chi connectivity index (χ0n) is 20.7. The van der Waals surface area contributed by atoms with Gasteiger partial charge in [0.2, 0.25) is 0 Å². The molecule has 4 aromatic rings. The summed E-state index contributed by atoms with van der Waals surface area (Å²) in [4.78, 5) is 18.1. The lowest BCUT2D eigenvalue weighted by Crippen LogP contribution is -2.21. The Morgan fingerprint density at radius 2 is 1.86 bits per heavy atom. The Morgan fingerprint density at radius 1 is 1.14 bits per heavy atom. The third-order valence-corrected chi connectivity index (χ3v) is 7.90. The van der Waals surface area contributed by atoms with E-state index in [1.807, 2.05) is 49.6 Å². The molecule has 1 aliphatic heterocycles. The first-order valence-electron chi connectivity index (χ1n) is 11.8. The molecule has 0 spiro atoms. The summed E-state index contributed by atoms with van der Waals surface area (Å²) in [5.41, 5.74) is 4.62. The zero-order valence-corrected chi connectivity index (χ0v) is 21.5. The second kappa shape index (κ2) is 9.51. The van der Waals surface area contributed by atoms with Crippen molar-refractivity contribution in [1.29, 1.82) is 0 Å². The van der Waals surface area contributed by atoms with Crippen LogP contribution in [0.3, 0.4) is 0 Å². The van der Waals surface area contributed by atoms with E-state index in [-0.39, 0.29) is 6.54 Å². The monoisotopic (exact) mass is 521 g/mol. The molecule has 0 radical (unpaired) electrons. The number of aliphatic carboxylic acids is 1. The van der Waals surface area contributed by atoms with Gasteiger partial charge in [-0.25, -0.2) is 8.78 Å². The van der Waals surface area contributed by atoms with Gasteiger partial charge in [0.25, 0.3) is 0 Å². The van der Waals surface area contributed by atoms with Crippen LogP contribution in [0.25, 0.3) is 5.00 Å². The highest BCUT2D eigenvalue weighted by atomic mass is 32.1. The van der Waals surface area contributed by atoms with Crippen molar-refractivity contribution in [3.8, 4) is 5.00 Å². The lowest BCUT2D eigenvalue weighted by Gasteiger charge is -2.16. The topological polar surface area (TPSA) is 92.4 Å². The molecule has 10 heteroatoms. The van der Waals surface area contributed by atoms with Gasteiger partial charge in [0.1, 0.15) is 28.5 Å². The number of rotatable bonds is 6. The smallest absolute Gasteiger partial charge is 0.308 e. The molecule has 190 valence electrons. The van der Waals surface area contributed by atoms with E-state index < -0.39 is 29.6 Å². The van der Waals surface area contributed by atoms with Crippen molar-refractivity contribution in [2.45, 2.75) is 40.3 Å². The van der Waals surface area contributed by atoms with E-state index in [4.69, 9.17) is 4.99 Å². The Morgan fingerprint density at radius 3 is 2.54 bits per heavy atom. The molecular formula is C27H25F2N5O2S. The summed E-state index contributed by atoms with van der Waals surface area (Å²) in [6.45, 7) is 7.76. The van der Waals surface area contributed by atoms with Gasteiger partial charge in [-0.1, -0.05) is 18.2 Å². The number of nitrogens with zero attached hydrogens (tertiary/aromatic N) is 4. The van der Waals surface area contributed by atoms with Crippen molar-refractivity contribution in [3.63, 3.8) is 0 Å². The molecular weight excluding hydrogens is 496 g/mol. The van der Waals surface area contributed by atoms with Crippen LogP contribution in [-0.2, 0) is 11.3 Å². The summed E-state index contributed by atoms with van der Waals surface area (Å²) in [7, 11) is 0. The first kappa shape index (κ1) is 24.8. The van der Waals surface area contributed by atoms with Crippen LogP contribution >= 0.6 is 11.3 Å². The number of carbonyl (C=O) groups is 1. The second-order valence-electron chi connectivity index (χ2n) is 9.12. The van der Waals surface area contributed by atoms with Gasteiger partial charge in [0, 0.05) is 39.9 Å². The minimum absolute atomic E-state index is 0.199. The van der Waals surface area contributed by atoms with E-state index >= 15 is 0 Å². The van der Waals surface area contributed by atoms with Gasteiger partial charge in [-0.3, -0.25) is 14.4 Å². The number of fused-ring (bicyclic) bond motifs is 3. The van der Waals surface area contributed by atoms with Crippen molar-refractivity contribution in [1.82, 2.24) is 14.8 Å². The zero-order chi connectivity index (χ0) is 26.4. The van der Waals surface area contributed by atoms with E-state index in [0.29, 0.717) is 22.9 Å². The first-order chi connectivity index (χ1) is 17.7. The number of hydrogen-bond donors (Lipinski definition) is 2. The van der Waals surface area contributed by atoms with Gasteiger partial charge in [-0.05, 0) is 51.5 Å². The van der Waals surface area contributed by atoms with Gasteiger partial charge < -0.3 is 10.4 Å². The maximum Gasteiger partial charge on any atom is 0.308 e. The first-order valence-corrected chi connectivity index (χ1v) is 12.6. The minimum atomic E-state index is -0.967. The standard InChI is InChI=1S/C27H25F2N5O2S/c1-13-15(3)37-26-22(13)24(31-23(14(2)27(35)36)25-33-32-16(4)34(25)26)17-6-9-20(10-7-17)30-12-18-5-8-19(28)11-21(18)29/h5-11,14,23,30H,12H2,1-4H3,(H,35,36)/t14-,23?/m0/s1. The normalized spacial score (nSPS) is 15.4. The predicted octanol–water partition coefficient (Wildman–Crippen LogP) is 5.76. The summed E-state index contributed by atoms with van der Waals surface area (Å²) >= 11 is 1.60. The van der Waals surface area contributed by atoms with Gasteiger partial charge in [-0.15, -0.1) is 21.5 Å². The summed E-state index contributed by atoms with van der Waals surface area (Å²) in [5.74, 6) is -1.83. The predicted molar refractivity (Wildman–Crippen MR) is 139 cm³/mol. The summed E-state index contributed by atoms with van der Waals surface area (Å²) in [6, 6.07) is 10.3. The van der Waals surface area contributed by atoms with Crippen LogP contribution in [0.2, 0.25) is 0 Å². The van der Waals surface area contributed by atoms with Gasteiger partial charge in [0.05, 0.1) is 11.6 Å². The van der Waals surface area contributed by atoms with Crippen LogP contribution in [0.5, 0.6) is 0 Å². The molecule has 2 aromatic heterocycles. The number of halogens is 2. The van der Waals surface area contributed by atoms with Crippen LogP contribution in [0, 0.1) is 38.3 Å². The quantitative estimate of drug-likeness (QED) is 0.337. The molecule has 0 saturated heterocycles. The number of carboxylic acids is 1. The molecule has 2 aromatic carbocycles. The van der Waals surface area contributed by atoms with E-state index in [2.05, 4.69) is 15.5 Å². The van der Waals surface area contributed by atoms with Crippen molar-refractivity contribution in [2.75, 3.05) is 5.32 Å². The largest absolute Gasteiger partial charge is 0.481 e. The van der Waals surface area contributed by atoms with Crippen molar-refractivity contribution < 1.29 is 18.7 Å². The Kier molecular flexibility index (Phi) is 6.36. The molecule has 1 unspecified atom stereocenters. The van der Waals surface area contributed by atoms with Gasteiger partial charge in [-0.2, -0.15) is 0 Å². The molecule has 0 fully saturated rings. The molecule has 37 heavy (non-hydrogen) atoms. The van der Waals surface area contributed by atoms with Crippen LogP contribution < -0.4 is 5.32 Å². The lowest BCUT2D eigenvalue weighted by molar-refractivity contribution is -0.141. The summed E-state index contributed by atoms with van der Waals surface area (Å²) < 4.78 is 29.1. The number of carboxylic acid groups (broad SMARTS) is 1. The second-order valence-corrected chi connectivity index (χ2v) is 10.3. The average molecular weight is 522 g/mol. The Balaban J connectivity index is 1.55. The highest BCUT2D eigenvalue weighted by molar-refractivity contribution is 7.15. The Bertz CT molecular complexity index is 1540. The summed E-state index contributed by atoms with van der Waals surface area (Å²) in [6.07, 6.45) is 0. The van der Waals surface area contributed by atoms with E-state index in [1.54, 1.807) is 18.3 Å². The molecule has 5 rings (SSSR count). The number of aliphatic imine (C=N–C) groups is 1. The number of benzene rings is 2. The number of thiophene rings is 1. The lowest BCUT2D eigenvalue weighted by atomic mass is 9.98. The SMILES string of the molecule is Cc1sc2c(c1C)C(c1ccc(NCc3ccc(F)cc3F)cc1)=NC([C@H](C)C(=O)O)c1nnc(C)n1-2. The number of hydrogen-bond acceptors (Lipinski definition) is 6. The molecule has 0 aliphatic carbocycles. The fourth-order valence-electron chi connectivity index (χ4n) is 4.43. The van der Waals surface area contributed by atoms with Crippen LogP contribution in [0.4, 0.5) is 14.5 Å². The molecule has 0 amide bonds. The van der Waals surface area contributed by atoms with Crippen LogP contribution in [-0.4, -0.2) is 31.6 Å². The minimum Gasteiger partial charge on any atom is -0.481 e. The van der Waals surface area contributed by atoms with E-state index in [1.165, 1.54) is 12.1 Å². The van der Waals surface area contributed by atoms with E-state index in [0.717, 1.165) is 38.3 Å².